The number of hydrogen-bond donors (Lipinski definition) is 0. The van der Waals surface area contributed by atoms with E-state index in [1.165, 1.54) is 25.7 Å². The van der Waals surface area contributed by atoms with Crippen LogP contribution in [0.2, 0.25) is 0 Å². The molecule has 1 nitrogen and oxygen atoms in total. The summed E-state index contributed by atoms with van der Waals surface area (Å²) in [6.45, 7) is 3.96. The Morgan fingerprint density at radius 1 is 1.50 bits per heavy atom. The van der Waals surface area contributed by atoms with E-state index in [9.17, 15) is 4.39 Å². The molecule has 1 atom stereocenters. The molecule has 1 saturated heterocycles. The van der Waals surface area contributed by atoms with Crippen molar-refractivity contribution < 1.29 is 4.39 Å². The summed E-state index contributed by atoms with van der Waals surface area (Å²) in [5.41, 5.74) is 0.462. The molecule has 0 aromatic carbocycles. The van der Waals surface area contributed by atoms with E-state index in [1.807, 2.05) is 0 Å². The first kappa shape index (κ1) is 8.49. The van der Waals surface area contributed by atoms with Crippen LogP contribution < -0.4 is 0 Å². The first-order valence-corrected chi connectivity index (χ1v) is 5.08. The molecule has 1 aliphatic heterocycles. The van der Waals surface area contributed by atoms with Gasteiger partial charge in [-0.15, -0.1) is 0 Å². The minimum Gasteiger partial charge on any atom is -0.295 e. The molecule has 0 aromatic rings. The molecule has 1 heterocycles. The summed E-state index contributed by atoms with van der Waals surface area (Å²) in [6, 6.07) is 0. The standard InChI is InChI=1S/C10H18FN/c1-9-2-6-12(7-5-11)10(8-9)3-4-10/h9H,2-8H2,1H3. The molecule has 0 bridgehead atoms. The average Bonchev–Trinajstić information content (AvgIpc) is 2.77. The summed E-state index contributed by atoms with van der Waals surface area (Å²) in [5, 5.41) is 0. The predicted molar refractivity (Wildman–Crippen MR) is 47.9 cm³/mol. The van der Waals surface area contributed by atoms with Crippen LogP contribution in [0, 0.1) is 5.92 Å². The van der Waals surface area contributed by atoms with Crippen molar-refractivity contribution in [3.05, 3.63) is 0 Å². The van der Waals surface area contributed by atoms with Gasteiger partial charge < -0.3 is 0 Å². The Morgan fingerprint density at radius 3 is 2.83 bits per heavy atom. The summed E-state index contributed by atoms with van der Waals surface area (Å²) >= 11 is 0. The third-order valence-corrected chi connectivity index (χ3v) is 3.47. The first-order chi connectivity index (χ1) is 5.77. The van der Waals surface area contributed by atoms with Crippen molar-refractivity contribution in [1.29, 1.82) is 0 Å². The summed E-state index contributed by atoms with van der Waals surface area (Å²) < 4.78 is 12.2. The molecule has 0 aromatic heterocycles. The van der Waals surface area contributed by atoms with Crippen LogP contribution >= 0.6 is 0 Å². The molecule has 0 amide bonds. The zero-order valence-corrected chi connectivity index (χ0v) is 7.85. The van der Waals surface area contributed by atoms with E-state index in [-0.39, 0.29) is 6.67 Å². The molecule has 0 radical (unpaired) electrons. The zero-order chi connectivity index (χ0) is 8.60. The molecule has 2 aliphatic rings. The van der Waals surface area contributed by atoms with E-state index in [0.29, 0.717) is 12.1 Å². The Labute approximate surface area is 73.9 Å². The van der Waals surface area contributed by atoms with E-state index < -0.39 is 0 Å². The second-order valence-electron chi connectivity index (χ2n) is 4.50. The van der Waals surface area contributed by atoms with Crippen LogP contribution in [0.1, 0.15) is 32.6 Å². The Morgan fingerprint density at radius 2 is 2.25 bits per heavy atom. The summed E-state index contributed by atoms with van der Waals surface area (Å²) in [4.78, 5) is 2.38. The van der Waals surface area contributed by atoms with E-state index in [1.54, 1.807) is 0 Å². The van der Waals surface area contributed by atoms with Gasteiger partial charge in [-0.3, -0.25) is 4.90 Å². The predicted octanol–water partition coefficient (Wildman–Crippen LogP) is 2.22. The number of halogens is 1. The van der Waals surface area contributed by atoms with Crippen molar-refractivity contribution in [1.82, 2.24) is 4.90 Å². The molecular formula is C10H18FN. The van der Waals surface area contributed by atoms with Gasteiger partial charge in [0.25, 0.3) is 0 Å². The maximum absolute atomic E-state index is 12.2. The second kappa shape index (κ2) is 2.99. The van der Waals surface area contributed by atoms with Crippen LogP contribution in [-0.2, 0) is 0 Å². The summed E-state index contributed by atoms with van der Waals surface area (Å²) in [6.07, 6.45) is 5.21. The highest BCUT2D eigenvalue weighted by atomic mass is 19.1. The van der Waals surface area contributed by atoms with Crippen molar-refractivity contribution in [2.75, 3.05) is 19.8 Å². The van der Waals surface area contributed by atoms with Gasteiger partial charge in [0.15, 0.2) is 0 Å². The normalized spacial score (nSPS) is 34.0. The van der Waals surface area contributed by atoms with Gasteiger partial charge in [0.1, 0.15) is 6.67 Å². The molecule has 2 heteroatoms. The SMILES string of the molecule is CC1CCN(CCF)C2(CC2)C1. The number of rotatable bonds is 2. The Kier molecular flexibility index (Phi) is 2.11. The number of likely N-dealkylation sites (tertiary alicyclic amines) is 1. The molecule has 1 aliphatic carbocycles. The molecular weight excluding hydrogens is 153 g/mol. The van der Waals surface area contributed by atoms with Gasteiger partial charge in [-0.1, -0.05) is 6.92 Å². The van der Waals surface area contributed by atoms with Gasteiger partial charge in [0.05, 0.1) is 0 Å². The summed E-state index contributed by atoms with van der Waals surface area (Å²) in [5.74, 6) is 0.864. The second-order valence-corrected chi connectivity index (χ2v) is 4.50. The van der Waals surface area contributed by atoms with Crippen LogP contribution in [0.15, 0.2) is 0 Å². The lowest BCUT2D eigenvalue weighted by atomic mass is 9.90. The van der Waals surface area contributed by atoms with E-state index in [2.05, 4.69) is 11.8 Å². The summed E-state index contributed by atoms with van der Waals surface area (Å²) in [7, 11) is 0. The third-order valence-electron chi connectivity index (χ3n) is 3.47. The average molecular weight is 171 g/mol. The van der Waals surface area contributed by atoms with E-state index >= 15 is 0 Å². The number of piperidine rings is 1. The number of nitrogens with zero attached hydrogens (tertiary/aromatic N) is 1. The number of alkyl halides is 1. The minimum absolute atomic E-state index is 0.171. The maximum Gasteiger partial charge on any atom is 0.102 e. The Bertz CT molecular complexity index is 165. The van der Waals surface area contributed by atoms with Crippen LogP contribution in [0.4, 0.5) is 4.39 Å². The van der Waals surface area contributed by atoms with Gasteiger partial charge >= 0.3 is 0 Å². The van der Waals surface area contributed by atoms with E-state index in [4.69, 9.17) is 0 Å². The van der Waals surface area contributed by atoms with Gasteiger partial charge in [-0.25, -0.2) is 4.39 Å². The van der Waals surface area contributed by atoms with Crippen molar-refractivity contribution in [3.8, 4) is 0 Å². The molecule has 12 heavy (non-hydrogen) atoms. The highest BCUT2D eigenvalue weighted by Gasteiger charge is 2.49. The van der Waals surface area contributed by atoms with Gasteiger partial charge in [-0.05, 0) is 38.1 Å². The smallest absolute Gasteiger partial charge is 0.102 e. The molecule has 2 rings (SSSR count). The lowest BCUT2D eigenvalue weighted by Gasteiger charge is -2.38. The lowest BCUT2D eigenvalue weighted by molar-refractivity contribution is 0.0924. The zero-order valence-electron chi connectivity index (χ0n) is 7.85. The highest BCUT2D eigenvalue weighted by Crippen LogP contribution is 2.49. The first-order valence-electron chi connectivity index (χ1n) is 5.08. The van der Waals surface area contributed by atoms with Crippen LogP contribution in [0.25, 0.3) is 0 Å². The van der Waals surface area contributed by atoms with Crippen molar-refractivity contribution in [2.24, 2.45) is 5.92 Å². The third kappa shape index (κ3) is 1.37. The molecule has 70 valence electrons. The Hall–Kier alpha value is -0.110. The van der Waals surface area contributed by atoms with E-state index in [0.717, 1.165) is 12.5 Å². The van der Waals surface area contributed by atoms with Gasteiger partial charge in [0, 0.05) is 12.1 Å². The van der Waals surface area contributed by atoms with Gasteiger partial charge in [-0.2, -0.15) is 0 Å². The fraction of sp³-hybridized carbons (Fsp3) is 1.00. The molecule has 1 spiro atoms. The van der Waals surface area contributed by atoms with Crippen molar-refractivity contribution in [3.63, 3.8) is 0 Å². The lowest BCUT2D eigenvalue weighted by Crippen LogP contribution is -2.44. The highest BCUT2D eigenvalue weighted by molar-refractivity contribution is 5.06. The molecule has 2 fully saturated rings. The van der Waals surface area contributed by atoms with Crippen molar-refractivity contribution in [2.45, 2.75) is 38.1 Å². The molecule has 1 saturated carbocycles. The quantitative estimate of drug-likeness (QED) is 0.615. The van der Waals surface area contributed by atoms with Crippen LogP contribution in [0.5, 0.6) is 0 Å². The minimum atomic E-state index is -0.171. The Balaban J connectivity index is 1.96. The maximum atomic E-state index is 12.2. The van der Waals surface area contributed by atoms with Gasteiger partial charge in [0.2, 0.25) is 0 Å². The van der Waals surface area contributed by atoms with Crippen LogP contribution in [-0.4, -0.2) is 30.2 Å². The fourth-order valence-corrected chi connectivity index (χ4v) is 2.61. The molecule has 0 N–H and O–H groups in total. The van der Waals surface area contributed by atoms with Crippen molar-refractivity contribution >= 4 is 0 Å². The topological polar surface area (TPSA) is 3.24 Å². The fourth-order valence-electron chi connectivity index (χ4n) is 2.61. The monoisotopic (exact) mass is 171 g/mol. The van der Waals surface area contributed by atoms with Crippen LogP contribution in [0.3, 0.4) is 0 Å². The largest absolute Gasteiger partial charge is 0.295 e. The molecule has 1 unspecified atom stereocenters. The number of hydrogen-bond acceptors (Lipinski definition) is 1.